The third kappa shape index (κ3) is 6.63. The van der Waals surface area contributed by atoms with E-state index in [1.165, 1.54) is 0 Å². The normalized spacial score (nSPS) is 12.8. The number of nitrogens with zero attached hydrogens (tertiary/aromatic N) is 2. The minimum atomic E-state index is -0.707. The summed E-state index contributed by atoms with van der Waals surface area (Å²) >= 11 is 0. The van der Waals surface area contributed by atoms with Crippen molar-refractivity contribution in [3.05, 3.63) is 77.5 Å². The summed E-state index contributed by atoms with van der Waals surface area (Å²) in [7, 11) is 0. The molecule has 2 atom stereocenters. The van der Waals surface area contributed by atoms with E-state index in [4.69, 9.17) is 14.3 Å². The van der Waals surface area contributed by atoms with Crippen molar-refractivity contribution >= 4 is 17.7 Å². The lowest BCUT2D eigenvalue weighted by Gasteiger charge is -2.18. The second-order valence-corrected chi connectivity index (χ2v) is 7.97. The van der Waals surface area contributed by atoms with Crippen molar-refractivity contribution in [2.75, 3.05) is 5.32 Å². The number of ether oxygens (including phenoxy) is 1. The van der Waals surface area contributed by atoms with Crippen LogP contribution in [0.2, 0.25) is 0 Å². The van der Waals surface area contributed by atoms with Gasteiger partial charge < -0.3 is 24.9 Å². The van der Waals surface area contributed by atoms with Gasteiger partial charge in [-0.05, 0) is 36.1 Å². The number of amides is 2. The lowest BCUT2D eigenvalue weighted by Crippen LogP contribution is -2.32. The van der Waals surface area contributed by atoms with E-state index in [2.05, 4.69) is 20.8 Å². The fourth-order valence-electron chi connectivity index (χ4n) is 3.01. The van der Waals surface area contributed by atoms with Gasteiger partial charge in [0.05, 0.1) is 6.61 Å². The van der Waals surface area contributed by atoms with Gasteiger partial charge in [-0.15, -0.1) is 10.2 Å². The van der Waals surface area contributed by atoms with Crippen LogP contribution < -0.4 is 10.6 Å². The summed E-state index contributed by atoms with van der Waals surface area (Å²) in [5, 5.41) is 22.7. The van der Waals surface area contributed by atoms with Crippen LogP contribution in [0.4, 0.5) is 10.5 Å². The number of nitrogens with one attached hydrogen (secondary N) is 2. The number of aromatic nitrogens is 2. The van der Waals surface area contributed by atoms with Gasteiger partial charge in [-0.1, -0.05) is 56.3 Å². The molecule has 0 radical (unpaired) electrons. The number of anilines is 1. The van der Waals surface area contributed by atoms with Crippen LogP contribution in [-0.2, 0) is 22.7 Å². The van der Waals surface area contributed by atoms with Gasteiger partial charge in [-0.3, -0.25) is 4.79 Å². The molecule has 0 spiro atoms. The van der Waals surface area contributed by atoms with E-state index in [-0.39, 0.29) is 36.8 Å². The Morgan fingerprint density at radius 1 is 0.970 bits per heavy atom. The first-order chi connectivity index (χ1) is 15.9. The fourth-order valence-corrected chi connectivity index (χ4v) is 3.01. The molecule has 0 saturated heterocycles. The Morgan fingerprint density at radius 2 is 1.64 bits per heavy atom. The third-order valence-corrected chi connectivity index (χ3v) is 5.04. The average Bonchev–Trinajstić information content (AvgIpc) is 3.31. The molecular formula is C24H28N4O5. The van der Waals surface area contributed by atoms with Crippen molar-refractivity contribution in [1.29, 1.82) is 0 Å². The first kappa shape index (κ1) is 23.9. The first-order valence-electron chi connectivity index (χ1n) is 10.7. The molecule has 3 rings (SSSR count). The summed E-state index contributed by atoms with van der Waals surface area (Å²) in [5.74, 6) is -0.750. The molecule has 2 aromatic carbocycles. The molecule has 2 amide bonds. The summed E-state index contributed by atoms with van der Waals surface area (Å²) in [6, 6.07) is 15.6. The standard InChI is InChI=1S/C24H28N4O5/c1-15(2)20(26-24(31)32-14-18-7-5-4-6-8-18)23-28-27-22(33-23)16(3)21(30)25-19-11-9-17(13-29)10-12-19/h4-12,15-16,20,29H,13-14H2,1-3H3,(H,25,30)(H,26,31)/t16?,20-/m1/s1. The predicted molar refractivity (Wildman–Crippen MR) is 121 cm³/mol. The molecule has 0 saturated carbocycles. The molecule has 0 aliphatic heterocycles. The maximum Gasteiger partial charge on any atom is 0.408 e. The number of hydrogen-bond acceptors (Lipinski definition) is 7. The Balaban J connectivity index is 1.61. The molecule has 0 fully saturated rings. The smallest absolute Gasteiger partial charge is 0.408 e. The Labute approximate surface area is 192 Å². The summed E-state index contributed by atoms with van der Waals surface area (Å²) in [6.45, 7) is 5.53. The lowest BCUT2D eigenvalue weighted by molar-refractivity contribution is -0.117. The number of aliphatic hydroxyl groups is 1. The van der Waals surface area contributed by atoms with Crippen LogP contribution in [0.15, 0.2) is 59.0 Å². The highest BCUT2D eigenvalue weighted by Gasteiger charge is 2.28. The average molecular weight is 453 g/mol. The number of hydrogen-bond donors (Lipinski definition) is 3. The largest absolute Gasteiger partial charge is 0.445 e. The zero-order valence-corrected chi connectivity index (χ0v) is 18.8. The number of alkyl carbamates (subject to hydrolysis) is 1. The maximum absolute atomic E-state index is 12.6. The molecule has 1 heterocycles. The van der Waals surface area contributed by atoms with Crippen LogP contribution >= 0.6 is 0 Å². The van der Waals surface area contributed by atoms with Gasteiger partial charge in [0.1, 0.15) is 18.6 Å². The van der Waals surface area contributed by atoms with Gasteiger partial charge in [-0.2, -0.15) is 0 Å². The van der Waals surface area contributed by atoms with E-state index in [9.17, 15) is 9.59 Å². The molecule has 9 heteroatoms. The summed E-state index contributed by atoms with van der Waals surface area (Å²) in [5.41, 5.74) is 2.21. The Kier molecular flexibility index (Phi) is 8.15. The second kappa shape index (κ2) is 11.2. The number of aliphatic hydroxyl groups excluding tert-OH is 1. The highest BCUT2D eigenvalue weighted by atomic mass is 16.5. The molecule has 33 heavy (non-hydrogen) atoms. The highest BCUT2D eigenvalue weighted by molar-refractivity contribution is 5.94. The van der Waals surface area contributed by atoms with E-state index < -0.39 is 18.1 Å². The highest BCUT2D eigenvalue weighted by Crippen LogP contribution is 2.24. The second-order valence-electron chi connectivity index (χ2n) is 7.97. The van der Waals surface area contributed by atoms with Crippen LogP contribution in [0.5, 0.6) is 0 Å². The van der Waals surface area contributed by atoms with Gasteiger partial charge in [0.15, 0.2) is 0 Å². The van der Waals surface area contributed by atoms with Gasteiger partial charge in [0.2, 0.25) is 17.7 Å². The topological polar surface area (TPSA) is 127 Å². The minimum absolute atomic E-state index is 0.0586. The van der Waals surface area contributed by atoms with Crippen LogP contribution in [0, 0.1) is 5.92 Å². The molecule has 3 aromatic rings. The molecule has 0 aliphatic carbocycles. The predicted octanol–water partition coefficient (Wildman–Crippen LogP) is 3.93. The summed E-state index contributed by atoms with van der Waals surface area (Å²) in [4.78, 5) is 24.9. The maximum atomic E-state index is 12.6. The SMILES string of the molecule is CC(C(=O)Nc1ccc(CO)cc1)c1nnc([C@H](NC(=O)OCc2ccccc2)C(C)C)o1. The van der Waals surface area contributed by atoms with Crippen molar-refractivity contribution < 1.29 is 23.8 Å². The fraction of sp³-hybridized carbons (Fsp3) is 0.333. The van der Waals surface area contributed by atoms with Crippen LogP contribution in [0.25, 0.3) is 0 Å². The van der Waals surface area contributed by atoms with Crippen molar-refractivity contribution in [3.63, 3.8) is 0 Å². The Morgan fingerprint density at radius 3 is 2.27 bits per heavy atom. The van der Waals surface area contributed by atoms with E-state index in [0.717, 1.165) is 11.1 Å². The number of carbonyl (C=O) groups excluding carboxylic acids is 2. The quantitative estimate of drug-likeness (QED) is 0.449. The third-order valence-electron chi connectivity index (χ3n) is 5.04. The van der Waals surface area contributed by atoms with Gasteiger partial charge in [-0.25, -0.2) is 4.79 Å². The lowest BCUT2D eigenvalue weighted by atomic mass is 10.1. The van der Waals surface area contributed by atoms with Crippen molar-refractivity contribution in [2.24, 2.45) is 5.92 Å². The number of carbonyl (C=O) groups is 2. The van der Waals surface area contributed by atoms with Gasteiger partial charge in [0, 0.05) is 5.69 Å². The van der Waals surface area contributed by atoms with E-state index >= 15 is 0 Å². The first-order valence-corrected chi connectivity index (χ1v) is 10.7. The van der Waals surface area contributed by atoms with Crippen molar-refractivity contribution in [1.82, 2.24) is 15.5 Å². The molecule has 0 aliphatic rings. The molecule has 3 N–H and O–H groups in total. The van der Waals surface area contributed by atoms with Crippen LogP contribution in [0.1, 0.15) is 55.6 Å². The Bertz CT molecular complexity index is 1050. The van der Waals surface area contributed by atoms with Crippen molar-refractivity contribution in [3.8, 4) is 0 Å². The van der Waals surface area contributed by atoms with Crippen LogP contribution in [-0.4, -0.2) is 27.3 Å². The van der Waals surface area contributed by atoms with Gasteiger partial charge in [0.25, 0.3) is 0 Å². The van der Waals surface area contributed by atoms with Gasteiger partial charge >= 0.3 is 6.09 Å². The summed E-state index contributed by atoms with van der Waals surface area (Å²) < 4.78 is 11.0. The van der Waals surface area contributed by atoms with Crippen molar-refractivity contribution in [2.45, 2.75) is 45.9 Å². The zero-order chi connectivity index (χ0) is 23.8. The monoisotopic (exact) mass is 452 g/mol. The molecule has 1 aromatic heterocycles. The molecule has 9 nitrogen and oxygen atoms in total. The molecule has 1 unspecified atom stereocenters. The minimum Gasteiger partial charge on any atom is -0.445 e. The Hall–Kier alpha value is -3.72. The number of benzene rings is 2. The van der Waals surface area contributed by atoms with E-state index in [0.29, 0.717) is 5.69 Å². The van der Waals surface area contributed by atoms with E-state index in [1.807, 2.05) is 44.2 Å². The zero-order valence-electron chi connectivity index (χ0n) is 18.8. The summed E-state index contributed by atoms with van der Waals surface area (Å²) in [6.07, 6.45) is -0.602. The van der Waals surface area contributed by atoms with Crippen LogP contribution in [0.3, 0.4) is 0 Å². The molecule has 0 bridgehead atoms. The number of rotatable bonds is 9. The molecular weight excluding hydrogens is 424 g/mol. The molecule has 174 valence electrons. The van der Waals surface area contributed by atoms with E-state index in [1.54, 1.807) is 31.2 Å².